The van der Waals surface area contributed by atoms with Gasteiger partial charge in [0.1, 0.15) is 5.52 Å². The molecule has 0 aliphatic carbocycles. The van der Waals surface area contributed by atoms with E-state index in [2.05, 4.69) is 15.2 Å². The Kier molecular flexibility index (Phi) is 1.98. The molecule has 0 saturated carbocycles. The number of fused-ring (bicyclic) bond motifs is 1. The Morgan fingerprint density at radius 2 is 2.14 bits per heavy atom. The van der Waals surface area contributed by atoms with Crippen molar-refractivity contribution in [2.75, 3.05) is 0 Å². The minimum Gasteiger partial charge on any atom is -0.281 e. The molecule has 2 aromatic rings. The van der Waals surface area contributed by atoms with Crippen molar-refractivity contribution in [3.05, 3.63) is 23.4 Å². The largest absolute Gasteiger partial charge is 0.281 e. The number of rotatable bonds is 1. The summed E-state index contributed by atoms with van der Waals surface area (Å²) in [5, 5.41) is 7.59. The fraction of sp³-hybridized carbons (Fsp3) is 0.400. The van der Waals surface area contributed by atoms with E-state index in [4.69, 9.17) is 0 Å². The van der Waals surface area contributed by atoms with Crippen LogP contribution < -0.4 is 0 Å². The maximum Gasteiger partial charge on any atom is 0.172 e. The number of aryl methyl sites for hydroxylation is 1. The molecule has 2 heterocycles. The van der Waals surface area contributed by atoms with Gasteiger partial charge in [-0.3, -0.25) is 10.1 Å². The molecule has 0 amide bonds. The van der Waals surface area contributed by atoms with Crippen molar-refractivity contribution in [3.8, 4) is 0 Å². The highest BCUT2D eigenvalue weighted by atomic mass is 19.1. The number of H-pyrrole nitrogens is 1. The standard InChI is InChI=1S/C10H12FN3/c1-5(2)9-7-4-12-6(3)8(11)10(7)14-13-9/h4-5H,1-3H3,(H,13,14). The van der Waals surface area contributed by atoms with Gasteiger partial charge >= 0.3 is 0 Å². The monoisotopic (exact) mass is 193 g/mol. The van der Waals surface area contributed by atoms with Gasteiger partial charge in [0, 0.05) is 17.3 Å². The van der Waals surface area contributed by atoms with E-state index in [0.717, 1.165) is 11.1 Å². The molecule has 0 spiro atoms. The van der Waals surface area contributed by atoms with Crippen LogP contribution >= 0.6 is 0 Å². The summed E-state index contributed by atoms with van der Waals surface area (Å²) in [5.41, 5.74) is 1.71. The van der Waals surface area contributed by atoms with Crippen LogP contribution in [0.4, 0.5) is 4.39 Å². The van der Waals surface area contributed by atoms with E-state index in [9.17, 15) is 4.39 Å². The average Bonchev–Trinajstić information content (AvgIpc) is 2.55. The summed E-state index contributed by atoms with van der Waals surface area (Å²) in [5.74, 6) is -0.0328. The highest BCUT2D eigenvalue weighted by Crippen LogP contribution is 2.24. The van der Waals surface area contributed by atoms with Crippen LogP contribution in [0.3, 0.4) is 0 Å². The Labute approximate surface area is 81.4 Å². The van der Waals surface area contributed by atoms with Crippen molar-refractivity contribution in [1.29, 1.82) is 0 Å². The third-order valence-electron chi connectivity index (χ3n) is 2.32. The lowest BCUT2D eigenvalue weighted by Gasteiger charge is -2.01. The summed E-state index contributed by atoms with van der Waals surface area (Å²) in [6, 6.07) is 0. The number of hydrogen-bond acceptors (Lipinski definition) is 2. The van der Waals surface area contributed by atoms with Gasteiger partial charge in [-0.15, -0.1) is 0 Å². The summed E-state index contributed by atoms with van der Waals surface area (Å²) in [7, 11) is 0. The van der Waals surface area contributed by atoms with Crippen molar-refractivity contribution in [2.24, 2.45) is 0 Å². The first-order valence-corrected chi connectivity index (χ1v) is 4.60. The average molecular weight is 193 g/mol. The Balaban J connectivity index is 2.77. The van der Waals surface area contributed by atoms with Gasteiger partial charge in [0.05, 0.1) is 5.69 Å². The molecule has 0 radical (unpaired) electrons. The van der Waals surface area contributed by atoms with Crippen LogP contribution in [-0.2, 0) is 0 Å². The van der Waals surface area contributed by atoms with Crippen LogP contribution in [0.5, 0.6) is 0 Å². The Hall–Kier alpha value is -1.45. The first kappa shape index (κ1) is 9.12. The smallest absolute Gasteiger partial charge is 0.172 e. The predicted molar refractivity (Wildman–Crippen MR) is 52.7 cm³/mol. The maximum atomic E-state index is 13.5. The highest BCUT2D eigenvalue weighted by molar-refractivity contribution is 5.81. The number of nitrogens with zero attached hydrogens (tertiary/aromatic N) is 2. The number of nitrogens with one attached hydrogen (secondary N) is 1. The second kappa shape index (κ2) is 3.04. The van der Waals surface area contributed by atoms with E-state index in [1.165, 1.54) is 0 Å². The summed E-state index contributed by atoms with van der Waals surface area (Å²) < 4.78 is 13.5. The summed E-state index contributed by atoms with van der Waals surface area (Å²) in [6.45, 7) is 5.70. The number of halogens is 1. The van der Waals surface area contributed by atoms with Crippen molar-refractivity contribution in [1.82, 2.24) is 15.2 Å². The summed E-state index contributed by atoms with van der Waals surface area (Å²) >= 11 is 0. The van der Waals surface area contributed by atoms with Crippen LogP contribution in [0.25, 0.3) is 10.9 Å². The first-order chi connectivity index (χ1) is 6.61. The van der Waals surface area contributed by atoms with Crippen LogP contribution in [0.1, 0.15) is 31.2 Å². The van der Waals surface area contributed by atoms with Crippen LogP contribution in [0.15, 0.2) is 6.20 Å². The summed E-state index contributed by atoms with van der Waals surface area (Å²) in [4.78, 5) is 3.99. The van der Waals surface area contributed by atoms with Crippen molar-refractivity contribution in [2.45, 2.75) is 26.7 Å². The molecule has 0 saturated heterocycles. The zero-order valence-corrected chi connectivity index (χ0v) is 8.43. The van der Waals surface area contributed by atoms with E-state index < -0.39 is 0 Å². The SMILES string of the molecule is Cc1ncc2c(C(C)C)[nH]nc2c1F. The van der Waals surface area contributed by atoms with Gasteiger partial charge in [-0.05, 0) is 12.8 Å². The number of pyridine rings is 1. The fourth-order valence-electron chi connectivity index (χ4n) is 1.49. The van der Waals surface area contributed by atoms with Gasteiger partial charge in [0.2, 0.25) is 0 Å². The van der Waals surface area contributed by atoms with Gasteiger partial charge in [0.25, 0.3) is 0 Å². The lowest BCUT2D eigenvalue weighted by molar-refractivity contribution is 0.619. The van der Waals surface area contributed by atoms with E-state index >= 15 is 0 Å². The van der Waals surface area contributed by atoms with E-state index in [-0.39, 0.29) is 5.82 Å². The normalized spacial score (nSPS) is 11.5. The third kappa shape index (κ3) is 1.18. The highest BCUT2D eigenvalue weighted by Gasteiger charge is 2.13. The molecule has 0 atom stereocenters. The second-order valence-corrected chi connectivity index (χ2v) is 3.71. The third-order valence-corrected chi connectivity index (χ3v) is 2.32. The fourth-order valence-corrected chi connectivity index (χ4v) is 1.49. The molecule has 1 N–H and O–H groups in total. The van der Waals surface area contributed by atoms with Crippen LogP contribution in [0.2, 0.25) is 0 Å². The molecule has 2 aromatic heterocycles. The molecule has 2 rings (SSSR count). The molecule has 4 heteroatoms. The molecular formula is C10H12FN3. The first-order valence-electron chi connectivity index (χ1n) is 4.60. The van der Waals surface area contributed by atoms with E-state index in [1.54, 1.807) is 13.1 Å². The minimum absolute atomic E-state index is 0.295. The van der Waals surface area contributed by atoms with E-state index in [0.29, 0.717) is 17.1 Å². The molecule has 0 unspecified atom stereocenters. The zero-order chi connectivity index (χ0) is 10.3. The van der Waals surface area contributed by atoms with E-state index in [1.807, 2.05) is 13.8 Å². The topological polar surface area (TPSA) is 41.6 Å². The van der Waals surface area contributed by atoms with Crippen LogP contribution in [0, 0.1) is 12.7 Å². The lowest BCUT2D eigenvalue weighted by Crippen LogP contribution is -1.90. The molecule has 0 aromatic carbocycles. The van der Waals surface area contributed by atoms with Crippen molar-refractivity contribution >= 4 is 10.9 Å². The molecule has 0 fully saturated rings. The number of hydrogen-bond donors (Lipinski definition) is 1. The molecule has 14 heavy (non-hydrogen) atoms. The molecule has 0 aliphatic heterocycles. The lowest BCUT2D eigenvalue weighted by atomic mass is 10.1. The maximum absolute atomic E-state index is 13.5. The molecular weight excluding hydrogens is 181 g/mol. The zero-order valence-electron chi connectivity index (χ0n) is 8.43. The molecule has 74 valence electrons. The molecule has 0 bridgehead atoms. The quantitative estimate of drug-likeness (QED) is 0.756. The molecule has 0 aliphatic rings. The summed E-state index contributed by atoms with van der Waals surface area (Å²) in [6.07, 6.45) is 1.67. The Morgan fingerprint density at radius 3 is 2.79 bits per heavy atom. The Bertz CT molecular complexity index is 473. The second-order valence-electron chi connectivity index (χ2n) is 3.71. The van der Waals surface area contributed by atoms with Gasteiger partial charge in [-0.25, -0.2) is 4.39 Å². The van der Waals surface area contributed by atoms with Crippen LogP contribution in [-0.4, -0.2) is 15.2 Å². The van der Waals surface area contributed by atoms with Gasteiger partial charge in [-0.2, -0.15) is 5.10 Å². The predicted octanol–water partition coefficient (Wildman–Crippen LogP) is 2.53. The van der Waals surface area contributed by atoms with Crippen molar-refractivity contribution in [3.63, 3.8) is 0 Å². The number of aromatic amines is 1. The van der Waals surface area contributed by atoms with Gasteiger partial charge in [0.15, 0.2) is 5.82 Å². The number of aromatic nitrogens is 3. The van der Waals surface area contributed by atoms with Gasteiger partial charge in [-0.1, -0.05) is 13.8 Å². The van der Waals surface area contributed by atoms with Crippen molar-refractivity contribution < 1.29 is 4.39 Å². The Morgan fingerprint density at radius 1 is 1.43 bits per heavy atom. The molecule has 3 nitrogen and oxygen atoms in total. The van der Waals surface area contributed by atoms with Gasteiger partial charge < -0.3 is 0 Å². The minimum atomic E-state index is -0.328.